The summed E-state index contributed by atoms with van der Waals surface area (Å²) in [5.74, 6) is 0.0873. The quantitative estimate of drug-likeness (QED) is 0.890. The molecule has 82 valence electrons. The van der Waals surface area contributed by atoms with E-state index in [4.69, 9.17) is 21.1 Å². The van der Waals surface area contributed by atoms with Crippen LogP contribution in [0.2, 0.25) is 5.02 Å². The highest BCUT2D eigenvalue weighted by Crippen LogP contribution is 2.29. The first kappa shape index (κ1) is 10.8. The van der Waals surface area contributed by atoms with Crippen molar-refractivity contribution in [1.82, 2.24) is 0 Å². The summed E-state index contributed by atoms with van der Waals surface area (Å²) >= 11 is 6.00. The van der Waals surface area contributed by atoms with E-state index in [-0.39, 0.29) is 6.42 Å². The highest BCUT2D eigenvalue weighted by Gasteiger charge is 2.09. The molecule has 0 spiro atoms. The van der Waals surface area contributed by atoms with Gasteiger partial charge in [-0.05, 0) is 24.3 Å². The Balaban J connectivity index is 2.32. The molecule has 4 heteroatoms. The normalized spacial score (nSPS) is 10.3. The van der Waals surface area contributed by atoms with Gasteiger partial charge < -0.3 is 9.52 Å². The molecular weight excluding hydrogens is 228 g/mol. The molecule has 0 saturated carbocycles. The lowest BCUT2D eigenvalue weighted by atomic mass is 10.2. The van der Waals surface area contributed by atoms with Crippen LogP contribution in [0, 0.1) is 0 Å². The van der Waals surface area contributed by atoms with Gasteiger partial charge in [-0.15, -0.1) is 0 Å². The van der Waals surface area contributed by atoms with Gasteiger partial charge in [0.15, 0.2) is 0 Å². The number of carboxylic acids is 1. The van der Waals surface area contributed by atoms with E-state index in [1.54, 1.807) is 18.2 Å². The number of carbonyl (C=O) groups is 1. The summed E-state index contributed by atoms with van der Waals surface area (Å²) < 4.78 is 5.40. The molecule has 0 atom stereocenters. The van der Waals surface area contributed by atoms with Gasteiger partial charge in [0.2, 0.25) is 0 Å². The van der Waals surface area contributed by atoms with Crippen molar-refractivity contribution in [3.63, 3.8) is 0 Å². The van der Waals surface area contributed by atoms with Crippen molar-refractivity contribution in [2.75, 3.05) is 0 Å². The molecule has 0 radical (unpaired) electrons. The summed E-state index contributed by atoms with van der Waals surface area (Å²) in [6.45, 7) is 0. The van der Waals surface area contributed by atoms with Gasteiger partial charge >= 0.3 is 5.97 Å². The molecule has 16 heavy (non-hydrogen) atoms. The molecule has 2 rings (SSSR count). The molecule has 3 nitrogen and oxygen atoms in total. The van der Waals surface area contributed by atoms with Gasteiger partial charge in [0.25, 0.3) is 0 Å². The molecule has 1 aromatic carbocycles. The zero-order valence-corrected chi connectivity index (χ0v) is 9.07. The topological polar surface area (TPSA) is 50.4 Å². The fourth-order valence-corrected chi connectivity index (χ4v) is 1.66. The van der Waals surface area contributed by atoms with Gasteiger partial charge in [-0.2, -0.15) is 0 Å². The van der Waals surface area contributed by atoms with E-state index < -0.39 is 5.97 Å². The Bertz CT molecular complexity index is 516. The maximum atomic E-state index is 10.5. The molecule has 0 aliphatic rings. The van der Waals surface area contributed by atoms with Crippen LogP contribution in [-0.2, 0) is 11.2 Å². The molecule has 1 aromatic heterocycles. The first-order chi connectivity index (χ1) is 7.66. The summed E-state index contributed by atoms with van der Waals surface area (Å²) in [5.41, 5.74) is 0.765. The third-order valence-corrected chi connectivity index (χ3v) is 2.46. The molecule has 0 fully saturated rings. The number of aliphatic carboxylic acids is 1. The van der Waals surface area contributed by atoms with Crippen LogP contribution >= 0.6 is 11.6 Å². The van der Waals surface area contributed by atoms with Crippen molar-refractivity contribution in [2.24, 2.45) is 0 Å². The van der Waals surface area contributed by atoms with Gasteiger partial charge in [0.05, 0.1) is 5.02 Å². The monoisotopic (exact) mass is 236 g/mol. The summed E-state index contributed by atoms with van der Waals surface area (Å²) in [4.78, 5) is 10.5. The van der Waals surface area contributed by atoms with Gasteiger partial charge in [0, 0.05) is 5.56 Å². The Morgan fingerprint density at radius 3 is 2.69 bits per heavy atom. The first-order valence-corrected chi connectivity index (χ1v) is 5.10. The zero-order chi connectivity index (χ0) is 11.5. The molecule has 2 aromatic rings. The van der Waals surface area contributed by atoms with Gasteiger partial charge in [-0.25, -0.2) is 0 Å². The summed E-state index contributed by atoms with van der Waals surface area (Å²) in [6.07, 6.45) is -0.121. The van der Waals surface area contributed by atoms with Crippen molar-refractivity contribution < 1.29 is 14.3 Å². The van der Waals surface area contributed by atoms with Gasteiger partial charge in [-0.1, -0.05) is 23.7 Å². The van der Waals surface area contributed by atoms with Gasteiger partial charge in [-0.3, -0.25) is 4.79 Å². The predicted molar refractivity (Wildman–Crippen MR) is 60.5 cm³/mol. The van der Waals surface area contributed by atoms with Crippen molar-refractivity contribution in [3.8, 4) is 11.3 Å². The highest BCUT2D eigenvalue weighted by molar-refractivity contribution is 6.33. The Morgan fingerprint density at radius 2 is 2.00 bits per heavy atom. The van der Waals surface area contributed by atoms with Crippen LogP contribution in [0.5, 0.6) is 0 Å². The molecule has 0 saturated heterocycles. The van der Waals surface area contributed by atoms with Crippen LogP contribution in [0.3, 0.4) is 0 Å². The van der Waals surface area contributed by atoms with E-state index in [0.717, 1.165) is 5.56 Å². The van der Waals surface area contributed by atoms with Crippen molar-refractivity contribution in [3.05, 3.63) is 47.2 Å². The number of rotatable bonds is 3. The van der Waals surface area contributed by atoms with Crippen LogP contribution < -0.4 is 0 Å². The van der Waals surface area contributed by atoms with Crippen LogP contribution in [0.1, 0.15) is 5.76 Å². The number of benzene rings is 1. The third kappa shape index (κ3) is 2.25. The first-order valence-electron chi connectivity index (χ1n) is 4.72. The van der Waals surface area contributed by atoms with E-state index >= 15 is 0 Å². The maximum absolute atomic E-state index is 10.5. The number of hydrogen-bond donors (Lipinski definition) is 1. The standard InChI is InChI=1S/C12H9ClO3/c13-10-4-2-1-3-9(10)11-6-5-8(16-11)7-12(14)15/h1-6H,7H2,(H,14,15). The number of hydrogen-bond acceptors (Lipinski definition) is 2. The molecule has 0 aliphatic carbocycles. The minimum absolute atomic E-state index is 0.121. The molecule has 0 aliphatic heterocycles. The lowest BCUT2D eigenvalue weighted by molar-refractivity contribution is -0.136. The van der Waals surface area contributed by atoms with E-state index in [1.165, 1.54) is 0 Å². The Labute approximate surface area is 97.3 Å². The predicted octanol–water partition coefficient (Wildman–Crippen LogP) is 3.23. The van der Waals surface area contributed by atoms with Crippen LogP contribution in [0.15, 0.2) is 40.8 Å². The number of halogens is 1. The number of furan rings is 1. The maximum Gasteiger partial charge on any atom is 0.311 e. The van der Waals surface area contributed by atoms with E-state index in [0.29, 0.717) is 16.5 Å². The fraction of sp³-hybridized carbons (Fsp3) is 0.0833. The SMILES string of the molecule is O=C(O)Cc1ccc(-c2ccccc2Cl)o1. The fourth-order valence-electron chi connectivity index (χ4n) is 1.43. The molecule has 0 bridgehead atoms. The molecule has 0 unspecified atom stereocenters. The second-order valence-corrected chi connectivity index (χ2v) is 3.72. The average Bonchev–Trinajstić information content (AvgIpc) is 2.66. The smallest absolute Gasteiger partial charge is 0.311 e. The van der Waals surface area contributed by atoms with Crippen LogP contribution in [-0.4, -0.2) is 11.1 Å². The summed E-state index contributed by atoms with van der Waals surface area (Å²) in [5, 5.41) is 9.20. The average molecular weight is 237 g/mol. The van der Waals surface area contributed by atoms with E-state index in [1.807, 2.05) is 18.2 Å². The van der Waals surface area contributed by atoms with E-state index in [2.05, 4.69) is 0 Å². The summed E-state index contributed by atoms with van der Waals surface area (Å²) in [7, 11) is 0. The van der Waals surface area contributed by atoms with Crippen molar-refractivity contribution in [1.29, 1.82) is 0 Å². The second kappa shape index (κ2) is 4.41. The lowest BCUT2D eigenvalue weighted by Crippen LogP contribution is -1.97. The van der Waals surface area contributed by atoms with Crippen molar-refractivity contribution >= 4 is 17.6 Å². The zero-order valence-electron chi connectivity index (χ0n) is 8.31. The second-order valence-electron chi connectivity index (χ2n) is 3.32. The van der Waals surface area contributed by atoms with E-state index in [9.17, 15) is 4.79 Å². The molecule has 1 heterocycles. The summed E-state index contributed by atoms with van der Waals surface area (Å²) in [6, 6.07) is 10.6. The third-order valence-electron chi connectivity index (χ3n) is 2.13. The van der Waals surface area contributed by atoms with Crippen LogP contribution in [0.25, 0.3) is 11.3 Å². The molecule has 0 amide bonds. The minimum atomic E-state index is -0.917. The number of carboxylic acid groups (broad SMARTS) is 1. The Morgan fingerprint density at radius 1 is 1.25 bits per heavy atom. The van der Waals surface area contributed by atoms with Gasteiger partial charge in [0.1, 0.15) is 17.9 Å². The Kier molecular flexibility index (Phi) is 2.97. The van der Waals surface area contributed by atoms with Crippen LogP contribution in [0.4, 0.5) is 0 Å². The van der Waals surface area contributed by atoms with Crippen molar-refractivity contribution in [2.45, 2.75) is 6.42 Å². The Hall–Kier alpha value is -1.74. The lowest BCUT2D eigenvalue weighted by Gasteiger charge is -1.99. The highest BCUT2D eigenvalue weighted by atomic mass is 35.5. The molecular formula is C12H9ClO3. The largest absolute Gasteiger partial charge is 0.481 e. The minimum Gasteiger partial charge on any atom is -0.481 e. The molecule has 1 N–H and O–H groups in total.